The van der Waals surface area contributed by atoms with Crippen LogP contribution in [0.4, 0.5) is 0 Å². The summed E-state index contributed by atoms with van der Waals surface area (Å²) < 4.78 is 18.6. The van der Waals surface area contributed by atoms with Gasteiger partial charge in [-0.15, -0.1) is 5.10 Å². The van der Waals surface area contributed by atoms with Gasteiger partial charge in [-0.05, 0) is 24.1 Å². The number of amides is 3. The second-order valence-electron chi connectivity index (χ2n) is 10.6. The van der Waals surface area contributed by atoms with E-state index in [-0.39, 0.29) is 43.3 Å². The van der Waals surface area contributed by atoms with Crippen LogP contribution in [0.15, 0.2) is 65.3 Å². The third-order valence-electron chi connectivity index (χ3n) is 7.45. The van der Waals surface area contributed by atoms with Crippen LogP contribution in [-0.2, 0) is 30.6 Å². The lowest BCUT2D eigenvalue weighted by Gasteiger charge is -2.23. The number of fused-ring (bicyclic) bond motifs is 3. The molecule has 1 atom stereocenters. The number of aryl methyl sites for hydroxylation is 2. The van der Waals surface area contributed by atoms with Crippen molar-refractivity contribution in [3.8, 4) is 11.5 Å². The standard InChI is InChI=1S/C32H37N7O6/c1-3-23-20-28(45-36-23)32(42)38-16-13-24-21-39(37-35-24)15-8-18-44-29-25(11-7-12-27(29)43-2)30(40)34-26(31(41)33-14-17-38)19-22-9-5-4-6-10-22/h4-7,9-12,20-21,26H,3,8,13-19H2,1-2H3,(H,33,41)(H,34,40)/t26-/m0/s1. The van der Waals surface area contributed by atoms with Gasteiger partial charge in [0.1, 0.15) is 6.04 Å². The number of nitrogens with zero attached hydrogens (tertiary/aromatic N) is 5. The fraction of sp³-hybridized carbons (Fsp3) is 0.375. The monoisotopic (exact) mass is 615 g/mol. The summed E-state index contributed by atoms with van der Waals surface area (Å²) in [7, 11) is 1.51. The van der Waals surface area contributed by atoms with Crippen molar-refractivity contribution in [2.75, 3.05) is 33.4 Å². The van der Waals surface area contributed by atoms with Crippen LogP contribution in [0.2, 0.25) is 0 Å². The van der Waals surface area contributed by atoms with Gasteiger partial charge in [0.2, 0.25) is 11.7 Å². The van der Waals surface area contributed by atoms with Crippen molar-refractivity contribution >= 4 is 17.7 Å². The van der Waals surface area contributed by atoms with E-state index in [2.05, 4.69) is 26.1 Å². The SMILES string of the molecule is CCc1cc(C(=O)N2CCNC(=O)[C@H](Cc3ccccc3)NC(=O)c3cccc(OC)c3OCCCn3cc(nn3)CC2)on1. The van der Waals surface area contributed by atoms with Crippen molar-refractivity contribution in [1.29, 1.82) is 0 Å². The predicted molar refractivity (Wildman–Crippen MR) is 163 cm³/mol. The number of hydrogen-bond donors (Lipinski definition) is 2. The van der Waals surface area contributed by atoms with Crippen LogP contribution in [0.5, 0.6) is 11.5 Å². The highest BCUT2D eigenvalue weighted by Gasteiger charge is 2.26. The van der Waals surface area contributed by atoms with Gasteiger partial charge < -0.3 is 29.5 Å². The number of aromatic nitrogens is 4. The van der Waals surface area contributed by atoms with E-state index in [0.29, 0.717) is 55.2 Å². The van der Waals surface area contributed by atoms with Gasteiger partial charge in [0.15, 0.2) is 11.5 Å². The first kappa shape index (κ1) is 31.2. The van der Waals surface area contributed by atoms with E-state index < -0.39 is 17.9 Å². The van der Waals surface area contributed by atoms with Crippen molar-refractivity contribution in [1.82, 2.24) is 35.7 Å². The van der Waals surface area contributed by atoms with Crippen molar-refractivity contribution in [3.63, 3.8) is 0 Å². The van der Waals surface area contributed by atoms with Gasteiger partial charge >= 0.3 is 0 Å². The van der Waals surface area contributed by atoms with E-state index in [9.17, 15) is 14.4 Å². The van der Waals surface area contributed by atoms with Crippen LogP contribution in [0, 0.1) is 0 Å². The normalized spacial score (nSPS) is 16.7. The number of nitrogens with one attached hydrogen (secondary N) is 2. The molecule has 0 aliphatic carbocycles. The lowest BCUT2D eigenvalue weighted by atomic mass is 10.0. The molecule has 3 amide bonds. The second kappa shape index (κ2) is 15.0. The highest BCUT2D eigenvalue weighted by molar-refractivity contribution is 6.00. The summed E-state index contributed by atoms with van der Waals surface area (Å²) in [4.78, 5) is 42.2. The summed E-state index contributed by atoms with van der Waals surface area (Å²) in [6.45, 7) is 3.39. The first-order chi connectivity index (χ1) is 21.9. The zero-order valence-corrected chi connectivity index (χ0v) is 25.4. The molecule has 2 bridgehead atoms. The third kappa shape index (κ3) is 8.05. The summed E-state index contributed by atoms with van der Waals surface area (Å²) >= 11 is 0. The highest BCUT2D eigenvalue weighted by atomic mass is 16.5. The summed E-state index contributed by atoms with van der Waals surface area (Å²) in [6, 6.07) is 15.2. The molecule has 2 aromatic carbocycles. The Morgan fingerprint density at radius 2 is 1.93 bits per heavy atom. The average molecular weight is 616 g/mol. The minimum atomic E-state index is -0.902. The number of para-hydroxylation sites is 1. The fourth-order valence-electron chi connectivity index (χ4n) is 5.00. The maximum Gasteiger partial charge on any atom is 0.292 e. The summed E-state index contributed by atoms with van der Waals surface area (Å²) in [5, 5.41) is 18.2. The molecule has 13 nitrogen and oxygen atoms in total. The van der Waals surface area contributed by atoms with Gasteiger partial charge in [0.25, 0.3) is 11.8 Å². The van der Waals surface area contributed by atoms with Crippen molar-refractivity contribution in [2.24, 2.45) is 0 Å². The Morgan fingerprint density at radius 1 is 1.09 bits per heavy atom. The first-order valence-corrected chi connectivity index (χ1v) is 15.0. The number of methoxy groups -OCH3 is 1. The Labute approximate surface area is 260 Å². The van der Waals surface area contributed by atoms with Crippen LogP contribution in [0.25, 0.3) is 0 Å². The molecule has 1 aliphatic heterocycles. The summed E-state index contributed by atoms with van der Waals surface area (Å²) in [6.07, 6.45) is 3.75. The lowest BCUT2D eigenvalue weighted by Crippen LogP contribution is -2.50. The fourth-order valence-corrected chi connectivity index (χ4v) is 5.00. The Bertz CT molecular complexity index is 1600. The van der Waals surface area contributed by atoms with Gasteiger partial charge in [-0.3, -0.25) is 19.1 Å². The number of benzene rings is 2. The van der Waals surface area contributed by atoms with E-state index in [1.165, 1.54) is 7.11 Å². The molecule has 45 heavy (non-hydrogen) atoms. The third-order valence-corrected chi connectivity index (χ3v) is 7.45. The number of rotatable bonds is 5. The van der Waals surface area contributed by atoms with Gasteiger partial charge in [-0.1, -0.05) is 53.7 Å². The Balaban J connectivity index is 1.41. The Morgan fingerprint density at radius 3 is 2.71 bits per heavy atom. The predicted octanol–water partition coefficient (Wildman–Crippen LogP) is 2.46. The van der Waals surface area contributed by atoms with E-state index in [4.69, 9.17) is 14.0 Å². The molecule has 4 aromatic rings. The maximum atomic E-state index is 13.6. The molecule has 5 rings (SSSR count). The quantitative estimate of drug-likeness (QED) is 0.345. The van der Waals surface area contributed by atoms with Crippen LogP contribution in [0.3, 0.4) is 0 Å². The van der Waals surface area contributed by atoms with Crippen LogP contribution in [0.1, 0.15) is 51.2 Å². The minimum Gasteiger partial charge on any atom is -0.493 e. The zero-order valence-electron chi connectivity index (χ0n) is 25.4. The Kier molecular flexibility index (Phi) is 10.4. The lowest BCUT2D eigenvalue weighted by molar-refractivity contribution is -0.123. The molecule has 0 spiro atoms. The molecule has 236 valence electrons. The molecule has 0 radical (unpaired) electrons. The molecule has 0 unspecified atom stereocenters. The summed E-state index contributed by atoms with van der Waals surface area (Å²) in [5.74, 6) is -0.383. The number of hydrogen-bond acceptors (Lipinski definition) is 9. The van der Waals surface area contributed by atoms with E-state index in [0.717, 1.165) is 5.56 Å². The molecule has 2 N–H and O–H groups in total. The molecule has 0 saturated heterocycles. The van der Waals surface area contributed by atoms with Crippen LogP contribution >= 0.6 is 0 Å². The number of carbonyl (C=O) groups is 3. The molecule has 2 aromatic heterocycles. The number of ether oxygens (including phenoxy) is 2. The van der Waals surface area contributed by atoms with E-state index >= 15 is 0 Å². The van der Waals surface area contributed by atoms with E-state index in [1.54, 1.807) is 33.8 Å². The second-order valence-corrected chi connectivity index (χ2v) is 10.6. The largest absolute Gasteiger partial charge is 0.493 e. The highest BCUT2D eigenvalue weighted by Crippen LogP contribution is 2.31. The molecular formula is C32H37N7O6. The topological polar surface area (TPSA) is 154 Å². The summed E-state index contributed by atoms with van der Waals surface area (Å²) in [5.41, 5.74) is 2.51. The van der Waals surface area contributed by atoms with Gasteiger partial charge in [-0.25, -0.2) is 0 Å². The van der Waals surface area contributed by atoms with Crippen molar-refractivity contribution in [2.45, 2.75) is 45.2 Å². The van der Waals surface area contributed by atoms with Crippen LogP contribution < -0.4 is 20.1 Å². The molecule has 1 aliphatic rings. The molecule has 3 heterocycles. The van der Waals surface area contributed by atoms with Gasteiger partial charge in [-0.2, -0.15) is 0 Å². The molecule has 0 saturated carbocycles. The van der Waals surface area contributed by atoms with Crippen molar-refractivity contribution < 1.29 is 28.4 Å². The number of carbonyl (C=O) groups excluding carboxylic acids is 3. The van der Waals surface area contributed by atoms with Crippen LogP contribution in [-0.4, -0.2) is 82.2 Å². The Hall–Kier alpha value is -5.20. The van der Waals surface area contributed by atoms with Gasteiger partial charge in [0.05, 0.1) is 30.7 Å². The minimum absolute atomic E-state index is 0.128. The molecule has 13 heteroatoms. The maximum absolute atomic E-state index is 13.6. The van der Waals surface area contributed by atoms with E-state index in [1.807, 2.05) is 43.5 Å². The average Bonchev–Trinajstić information content (AvgIpc) is 3.74. The van der Waals surface area contributed by atoms with Gasteiger partial charge in [0, 0.05) is 57.7 Å². The smallest absolute Gasteiger partial charge is 0.292 e. The molecular weight excluding hydrogens is 578 g/mol. The van der Waals surface area contributed by atoms with Crippen molar-refractivity contribution in [3.05, 3.63) is 89.1 Å². The first-order valence-electron chi connectivity index (χ1n) is 15.0. The zero-order chi connectivity index (χ0) is 31.6. The molecule has 0 fully saturated rings.